The van der Waals surface area contributed by atoms with Crippen molar-refractivity contribution in [3.63, 3.8) is 0 Å². The number of aromatic nitrogens is 1. The molecule has 0 aliphatic heterocycles. The van der Waals surface area contributed by atoms with Gasteiger partial charge in [0.2, 0.25) is 5.91 Å². The molecule has 4 heteroatoms. The molecule has 21 heavy (non-hydrogen) atoms. The van der Waals surface area contributed by atoms with Crippen LogP contribution < -0.4 is 11.3 Å². The average Bonchev–Trinajstić information content (AvgIpc) is 2.92. The van der Waals surface area contributed by atoms with Crippen LogP contribution in [-0.2, 0) is 17.8 Å². The van der Waals surface area contributed by atoms with Crippen molar-refractivity contribution in [2.75, 3.05) is 0 Å². The molecule has 0 bridgehead atoms. The number of fused-ring (bicyclic) bond motifs is 1. The number of carbonyl (C=O) groups is 1. The fourth-order valence-electron chi connectivity index (χ4n) is 2.47. The molecule has 2 aromatic carbocycles. The number of nitrogens with one attached hydrogen (secondary N) is 1. The second-order valence-corrected chi connectivity index (χ2v) is 5.06. The lowest BCUT2D eigenvalue weighted by Crippen LogP contribution is -2.31. The van der Waals surface area contributed by atoms with Gasteiger partial charge in [0.1, 0.15) is 0 Å². The van der Waals surface area contributed by atoms with Crippen LogP contribution in [-0.4, -0.2) is 10.5 Å². The highest BCUT2D eigenvalue weighted by Gasteiger charge is 2.03. The van der Waals surface area contributed by atoms with Gasteiger partial charge >= 0.3 is 0 Å². The van der Waals surface area contributed by atoms with Crippen LogP contribution in [0.4, 0.5) is 0 Å². The van der Waals surface area contributed by atoms with E-state index in [0.29, 0.717) is 6.42 Å². The summed E-state index contributed by atoms with van der Waals surface area (Å²) >= 11 is 0. The molecule has 0 aliphatic rings. The zero-order chi connectivity index (χ0) is 14.7. The Hall–Kier alpha value is -2.59. The highest BCUT2D eigenvalue weighted by Crippen LogP contribution is 2.17. The molecule has 1 aromatic heterocycles. The van der Waals surface area contributed by atoms with Gasteiger partial charge in [-0.15, -0.1) is 0 Å². The minimum Gasteiger partial charge on any atom is -0.343 e. The predicted octanol–water partition coefficient (Wildman–Crippen LogP) is 2.22. The van der Waals surface area contributed by atoms with Crippen molar-refractivity contribution in [1.82, 2.24) is 9.99 Å². The zero-order valence-electron chi connectivity index (χ0n) is 11.6. The lowest BCUT2D eigenvalue weighted by Gasteiger charge is -2.07. The van der Waals surface area contributed by atoms with Gasteiger partial charge in [0.05, 0.1) is 6.42 Å². The fraction of sp³-hybridized carbons (Fsp3) is 0.118. The van der Waals surface area contributed by atoms with Crippen molar-refractivity contribution in [3.05, 3.63) is 71.9 Å². The monoisotopic (exact) mass is 279 g/mol. The van der Waals surface area contributed by atoms with Crippen LogP contribution in [0.15, 0.2) is 60.8 Å². The zero-order valence-corrected chi connectivity index (χ0v) is 11.6. The number of para-hydroxylation sites is 1. The molecule has 0 aliphatic carbocycles. The molecule has 106 valence electrons. The Morgan fingerprint density at radius 2 is 1.71 bits per heavy atom. The van der Waals surface area contributed by atoms with E-state index >= 15 is 0 Å². The molecular formula is C17H17N3O. The topological polar surface area (TPSA) is 60.0 Å². The average molecular weight is 279 g/mol. The summed E-state index contributed by atoms with van der Waals surface area (Å²) in [6.07, 6.45) is 2.41. The largest absolute Gasteiger partial charge is 0.343 e. The Balaban J connectivity index is 1.77. The van der Waals surface area contributed by atoms with Crippen molar-refractivity contribution in [3.8, 4) is 0 Å². The van der Waals surface area contributed by atoms with Gasteiger partial charge in [-0.1, -0.05) is 42.5 Å². The number of hydrogen-bond acceptors (Lipinski definition) is 2. The quantitative estimate of drug-likeness (QED) is 0.437. The number of nitrogens with zero attached hydrogens (tertiary/aromatic N) is 1. The Morgan fingerprint density at radius 3 is 2.48 bits per heavy atom. The maximum Gasteiger partial charge on any atom is 0.238 e. The third-order valence-electron chi connectivity index (χ3n) is 3.58. The highest BCUT2D eigenvalue weighted by atomic mass is 16.2. The predicted molar refractivity (Wildman–Crippen MR) is 83.5 cm³/mol. The summed E-state index contributed by atoms with van der Waals surface area (Å²) in [6.45, 7) is 0.816. The second kappa shape index (κ2) is 5.81. The Morgan fingerprint density at radius 1 is 1.00 bits per heavy atom. The standard InChI is InChI=1S/C17H17N3O/c18-19-17(21)11-13-5-7-14(8-6-13)12-20-10-9-15-3-1-2-4-16(15)20/h1-10H,11-12,18H2,(H,19,21). The first-order valence-corrected chi connectivity index (χ1v) is 6.87. The summed E-state index contributed by atoms with van der Waals surface area (Å²) in [5, 5.41) is 1.24. The second-order valence-electron chi connectivity index (χ2n) is 5.06. The smallest absolute Gasteiger partial charge is 0.238 e. The molecule has 3 rings (SSSR count). The Bertz CT molecular complexity index is 759. The van der Waals surface area contributed by atoms with Crippen molar-refractivity contribution in [2.45, 2.75) is 13.0 Å². The maximum absolute atomic E-state index is 11.2. The lowest BCUT2D eigenvalue weighted by atomic mass is 10.1. The number of rotatable bonds is 4. The Labute approximate surface area is 123 Å². The normalized spacial score (nSPS) is 10.7. The van der Waals surface area contributed by atoms with Crippen molar-refractivity contribution >= 4 is 16.8 Å². The third kappa shape index (κ3) is 2.95. The summed E-state index contributed by atoms with van der Waals surface area (Å²) in [5.41, 5.74) is 5.53. The van der Waals surface area contributed by atoms with Gasteiger partial charge in [-0.2, -0.15) is 0 Å². The molecule has 0 unspecified atom stereocenters. The minimum atomic E-state index is -0.181. The number of nitrogens with two attached hydrogens (primary N) is 1. The minimum absolute atomic E-state index is 0.181. The van der Waals surface area contributed by atoms with Gasteiger partial charge in [-0.3, -0.25) is 10.2 Å². The number of benzene rings is 2. The van der Waals surface area contributed by atoms with E-state index in [9.17, 15) is 4.79 Å². The molecule has 4 nitrogen and oxygen atoms in total. The third-order valence-corrected chi connectivity index (χ3v) is 3.58. The molecular weight excluding hydrogens is 262 g/mol. The van der Waals surface area contributed by atoms with Crippen molar-refractivity contribution < 1.29 is 4.79 Å². The van der Waals surface area contributed by atoms with Crippen LogP contribution in [0, 0.1) is 0 Å². The van der Waals surface area contributed by atoms with Crippen LogP contribution >= 0.6 is 0 Å². The van der Waals surface area contributed by atoms with Gasteiger partial charge in [0, 0.05) is 18.3 Å². The van der Waals surface area contributed by atoms with Gasteiger partial charge in [0.15, 0.2) is 0 Å². The first kappa shape index (κ1) is 13.4. The first-order valence-electron chi connectivity index (χ1n) is 6.87. The maximum atomic E-state index is 11.2. The van der Waals surface area contributed by atoms with Crippen LogP contribution in [0.5, 0.6) is 0 Å². The van der Waals surface area contributed by atoms with Crippen LogP contribution in [0.3, 0.4) is 0 Å². The Kier molecular flexibility index (Phi) is 3.71. The molecule has 0 atom stereocenters. The number of amides is 1. The first-order chi connectivity index (χ1) is 10.3. The van der Waals surface area contributed by atoms with E-state index < -0.39 is 0 Å². The van der Waals surface area contributed by atoms with Crippen LogP contribution in [0.1, 0.15) is 11.1 Å². The molecule has 0 radical (unpaired) electrons. The molecule has 0 saturated heterocycles. The molecule has 1 heterocycles. The summed E-state index contributed by atoms with van der Waals surface area (Å²) in [5.74, 6) is 4.91. The van der Waals surface area contributed by atoms with E-state index in [4.69, 9.17) is 5.84 Å². The van der Waals surface area contributed by atoms with Crippen molar-refractivity contribution in [2.24, 2.45) is 5.84 Å². The van der Waals surface area contributed by atoms with Gasteiger partial charge < -0.3 is 4.57 Å². The van der Waals surface area contributed by atoms with E-state index in [1.807, 2.05) is 36.4 Å². The van der Waals surface area contributed by atoms with Crippen LogP contribution in [0.2, 0.25) is 0 Å². The molecule has 1 amide bonds. The summed E-state index contributed by atoms with van der Waals surface area (Å²) in [4.78, 5) is 11.2. The molecule has 0 fully saturated rings. The summed E-state index contributed by atoms with van der Waals surface area (Å²) in [6, 6.07) is 18.5. The van der Waals surface area contributed by atoms with Crippen molar-refractivity contribution in [1.29, 1.82) is 0 Å². The lowest BCUT2D eigenvalue weighted by molar-refractivity contribution is -0.120. The molecule has 3 N–H and O–H groups in total. The van der Waals surface area contributed by atoms with Crippen LogP contribution in [0.25, 0.3) is 10.9 Å². The summed E-state index contributed by atoms with van der Waals surface area (Å²) < 4.78 is 2.22. The van der Waals surface area contributed by atoms with E-state index in [2.05, 4.69) is 34.4 Å². The van der Waals surface area contributed by atoms with E-state index in [-0.39, 0.29) is 5.91 Å². The SMILES string of the molecule is NNC(=O)Cc1ccc(Cn2ccc3ccccc32)cc1. The molecule has 0 saturated carbocycles. The fourth-order valence-corrected chi connectivity index (χ4v) is 2.47. The van der Waals surface area contributed by atoms with Gasteiger partial charge in [-0.25, -0.2) is 5.84 Å². The number of carbonyl (C=O) groups excluding carboxylic acids is 1. The highest BCUT2D eigenvalue weighted by molar-refractivity contribution is 5.80. The molecule has 0 spiro atoms. The van der Waals surface area contributed by atoms with E-state index in [1.54, 1.807) is 0 Å². The van der Waals surface area contributed by atoms with Gasteiger partial charge in [0.25, 0.3) is 0 Å². The summed E-state index contributed by atoms with van der Waals surface area (Å²) in [7, 11) is 0. The molecule has 3 aromatic rings. The van der Waals surface area contributed by atoms with Gasteiger partial charge in [-0.05, 0) is 28.6 Å². The van der Waals surface area contributed by atoms with E-state index in [0.717, 1.165) is 12.1 Å². The van der Waals surface area contributed by atoms with E-state index in [1.165, 1.54) is 16.5 Å². The number of hydrogen-bond donors (Lipinski definition) is 2. The number of hydrazine groups is 1.